The quantitative estimate of drug-likeness (QED) is 0.859. The fraction of sp³-hybridized carbons (Fsp3) is 0.692. The summed E-state index contributed by atoms with van der Waals surface area (Å²) in [7, 11) is 0. The number of hydrazine groups is 1. The summed E-state index contributed by atoms with van der Waals surface area (Å²) < 4.78 is 0. The molecule has 0 amide bonds. The second kappa shape index (κ2) is 5.52. The lowest BCUT2D eigenvalue weighted by atomic mass is 10.00. The molecule has 18 heavy (non-hydrogen) atoms. The Balaban J connectivity index is 2.20. The molecule has 5 heteroatoms. The highest BCUT2D eigenvalue weighted by Gasteiger charge is 2.25. The molecule has 2 rings (SSSR count). The largest absolute Gasteiger partial charge is 0.383 e. The predicted octanol–water partition coefficient (Wildman–Crippen LogP) is 2.21. The van der Waals surface area contributed by atoms with E-state index >= 15 is 0 Å². The molecular weight excluding hydrogens is 226 g/mol. The van der Waals surface area contributed by atoms with Gasteiger partial charge in [0.25, 0.3) is 0 Å². The van der Waals surface area contributed by atoms with Crippen molar-refractivity contribution in [2.75, 3.05) is 11.2 Å². The van der Waals surface area contributed by atoms with E-state index in [4.69, 9.17) is 5.73 Å². The first kappa shape index (κ1) is 13.1. The lowest BCUT2D eigenvalue weighted by molar-refractivity contribution is 0.135. The molecule has 2 unspecified atom stereocenters. The summed E-state index contributed by atoms with van der Waals surface area (Å²) in [4.78, 5) is 8.38. The van der Waals surface area contributed by atoms with Crippen molar-refractivity contribution in [1.29, 1.82) is 0 Å². The third-order valence-corrected chi connectivity index (χ3v) is 3.76. The number of aromatic nitrogens is 2. The molecule has 2 atom stereocenters. The van der Waals surface area contributed by atoms with Crippen LogP contribution in [0.3, 0.4) is 0 Å². The smallest absolute Gasteiger partial charge is 0.149 e. The van der Waals surface area contributed by atoms with Crippen molar-refractivity contribution in [2.45, 2.75) is 58.5 Å². The summed E-state index contributed by atoms with van der Waals surface area (Å²) in [5.41, 5.74) is 10.3. The van der Waals surface area contributed by atoms with Crippen LogP contribution < -0.4 is 11.2 Å². The van der Waals surface area contributed by atoms with Crippen molar-refractivity contribution in [3.8, 4) is 0 Å². The molecule has 0 saturated carbocycles. The van der Waals surface area contributed by atoms with E-state index in [2.05, 4.69) is 41.2 Å². The molecule has 1 aromatic heterocycles. The van der Waals surface area contributed by atoms with Crippen molar-refractivity contribution in [1.82, 2.24) is 15.0 Å². The summed E-state index contributed by atoms with van der Waals surface area (Å²) in [5.74, 6) is 1.43. The Labute approximate surface area is 109 Å². The molecular formula is C13H23N5. The Morgan fingerprint density at radius 3 is 2.61 bits per heavy atom. The van der Waals surface area contributed by atoms with Gasteiger partial charge < -0.3 is 11.2 Å². The van der Waals surface area contributed by atoms with Crippen LogP contribution in [0, 0.1) is 0 Å². The minimum Gasteiger partial charge on any atom is -0.383 e. The lowest BCUT2D eigenvalue weighted by Gasteiger charge is -2.39. The zero-order valence-corrected chi connectivity index (χ0v) is 11.5. The second-order valence-corrected chi connectivity index (χ2v) is 5.09. The van der Waals surface area contributed by atoms with Gasteiger partial charge in [0.05, 0.1) is 0 Å². The zero-order chi connectivity index (χ0) is 13.1. The first-order chi connectivity index (χ1) is 8.63. The third kappa shape index (κ3) is 2.56. The topological polar surface area (TPSA) is 67.1 Å². The zero-order valence-electron chi connectivity index (χ0n) is 11.5. The van der Waals surface area contributed by atoms with Gasteiger partial charge in [0, 0.05) is 17.6 Å². The van der Waals surface area contributed by atoms with E-state index in [0.29, 0.717) is 17.9 Å². The number of nitrogen functional groups attached to an aromatic ring is 1. The van der Waals surface area contributed by atoms with Crippen molar-refractivity contribution in [2.24, 2.45) is 0 Å². The van der Waals surface area contributed by atoms with Gasteiger partial charge in [-0.1, -0.05) is 13.3 Å². The highest BCUT2D eigenvalue weighted by molar-refractivity contribution is 5.54. The van der Waals surface area contributed by atoms with Crippen LogP contribution in [0.1, 0.15) is 45.6 Å². The molecule has 0 aromatic carbocycles. The number of hydrogen-bond acceptors (Lipinski definition) is 5. The van der Waals surface area contributed by atoms with E-state index in [1.165, 1.54) is 25.6 Å². The maximum atomic E-state index is 5.90. The monoisotopic (exact) mass is 249 g/mol. The summed E-state index contributed by atoms with van der Waals surface area (Å²) in [6.45, 7) is 6.57. The van der Waals surface area contributed by atoms with Gasteiger partial charge in [0.2, 0.25) is 0 Å². The van der Waals surface area contributed by atoms with Gasteiger partial charge in [0.15, 0.2) is 0 Å². The normalized spacial score (nSPS) is 25.1. The van der Waals surface area contributed by atoms with Crippen LogP contribution in [-0.4, -0.2) is 27.1 Å². The fourth-order valence-corrected chi connectivity index (χ4v) is 2.63. The molecule has 1 aliphatic heterocycles. The molecule has 0 bridgehead atoms. The molecule has 100 valence electrons. The average molecular weight is 249 g/mol. The highest BCUT2D eigenvalue weighted by Crippen LogP contribution is 2.25. The van der Waals surface area contributed by atoms with Gasteiger partial charge in [-0.05, 0) is 33.1 Å². The number of nitrogens with zero attached hydrogens (tertiary/aromatic N) is 3. The van der Waals surface area contributed by atoms with E-state index in [1.54, 1.807) is 0 Å². The predicted molar refractivity (Wildman–Crippen MR) is 74.1 cm³/mol. The third-order valence-electron chi connectivity index (χ3n) is 3.76. The van der Waals surface area contributed by atoms with Gasteiger partial charge in [-0.25, -0.2) is 15.0 Å². The van der Waals surface area contributed by atoms with Crippen LogP contribution in [0.15, 0.2) is 6.33 Å². The van der Waals surface area contributed by atoms with E-state index in [-0.39, 0.29) is 0 Å². The maximum Gasteiger partial charge on any atom is 0.149 e. The fourth-order valence-electron chi connectivity index (χ4n) is 2.63. The van der Waals surface area contributed by atoms with Gasteiger partial charge in [-0.15, -0.1) is 0 Å². The van der Waals surface area contributed by atoms with Crippen molar-refractivity contribution < 1.29 is 0 Å². The minimum absolute atomic E-state index is 0.523. The second-order valence-electron chi connectivity index (χ2n) is 5.09. The Bertz CT molecular complexity index is 396. The molecule has 0 spiro atoms. The molecule has 1 saturated heterocycles. The van der Waals surface area contributed by atoms with Gasteiger partial charge >= 0.3 is 0 Å². The highest BCUT2D eigenvalue weighted by atomic mass is 15.5. The van der Waals surface area contributed by atoms with E-state index in [9.17, 15) is 0 Å². The summed E-state index contributed by atoms with van der Waals surface area (Å²) in [6.07, 6.45) is 6.10. The standard InChI is InChI=1S/C13H23N5/c1-4-11-12(14)15-8-16-13(11)17-18-9(2)6-5-7-10(18)3/h8-10H,4-7H2,1-3H3,(H3,14,15,16,17). The molecule has 3 N–H and O–H groups in total. The lowest BCUT2D eigenvalue weighted by Crippen LogP contribution is -2.47. The Morgan fingerprint density at radius 2 is 2.00 bits per heavy atom. The number of rotatable bonds is 3. The summed E-state index contributed by atoms with van der Waals surface area (Å²) in [6, 6.07) is 1.05. The van der Waals surface area contributed by atoms with Crippen molar-refractivity contribution in [3.05, 3.63) is 11.9 Å². The van der Waals surface area contributed by atoms with E-state index in [0.717, 1.165) is 17.8 Å². The first-order valence-corrected chi connectivity index (χ1v) is 6.77. The molecule has 0 radical (unpaired) electrons. The number of piperidine rings is 1. The van der Waals surface area contributed by atoms with E-state index in [1.807, 2.05) is 0 Å². The van der Waals surface area contributed by atoms with Gasteiger partial charge in [-0.2, -0.15) is 0 Å². The van der Waals surface area contributed by atoms with Crippen molar-refractivity contribution in [3.63, 3.8) is 0 Å². The Kier molecular flexibility index (Phi) is 4.01. The van der Waals surface area contributed by atoms with Gasteiger partial charge in [0.1, 0.15) is 18.0 Å². The van der Waals surface area contributed by atoms with E-state index < -0.39 is 0 Å². The number of nitrogens with two attached hydrogens (primary N) is 1. The van der Waals surface area contributed by atoms with Crippen LogP contribution in [0.4, 0.5) is 11.6 Å². The molecule has 1 fully saturated rings. The molecule has 1 aromatic rings. The number of hydrogen-bond donors (Lipinski definition) is 2. The van der Waals surface area contributed by atoms with Crippen LogP contribution in [0.25, 0.3) is 0 Å². The summed E-state index contributed by atoms with van der Waals surface area (Å²) >= 11 is 0. The Hall–Kier alpha value is -1.36. The van der Waals surface area contributed by atoms with Crippen LogP contribution in [0.5, 0.6) is 0 Å². The van der Waals surface area contributed by atoms with Gasteiger partial charge in [-0.3, -0.25) is 0 Å². The van der Waals surface area contributed by atoms with Crippen LogP contribution in [-0.2, 0) is 6.42 Å². The molecule has 5 nitrogen and oxygen atoms in total. The average Bonchev–Trinajstić information content (AvgIpc) is 2.34. The molecule has 0 aliphatic carbocycles. The first-order valence-electron chi connectivity index (χ1n) is 6.77. The summed E-state index contributed by atoms with van der Waals surface area (Å²) in [5, 5.41) is 2.30. The van der Waals surface area contributed by atoms with Crippen LogP contribution >= 0.6 is 0 Å². The minimum atomic E-state index is 0.523. The molecule has 1 aliphatic rings. The SMILES string of the molecule is CCc1c(N)ncnc1NN1C(C)CCCC1C. The number of anilines is 2. The van der Waals surface area contributed by atoms with Crippen LogP contribution in [0.2, 0.25) is 0 Å². The molecule has 2 heterocycles. The Morgan fingerprint density at radius 1 is 1.33 bits per heavy atom. The number of nitrogens with one attached hydrogen (secondary N) is 1. The maximum absolute atomic E-state index is 5.90. The van der Waals surface area contributed by atoms with Crippen molar-refractivity contribution >= 4 is 11.6 Å².